The average Bonchev–Trinajstić information content (AvgIpc) is 2.47. The molecule has 0 aromatic heterocycles. The smallest absolute Gasteiger partial charge is 0.379 e. The van der Waals surface area contributed by atoms with E-state index in [1.54, 1.807) is 27.7 Å². The fraction of sp³-hybridized carbons (Fsp3) is 0.692. The number of carbonyl (C=O) groups excluding carboxylic acids is 3. The first-order valence-electron chi connectivity index (χ1n) is 6.93. The fourth-order valence-corrected chi connectivity index (χ4v) is 3.87. The lowest BCUT2D eigenvalue weighted by molar-refractivity contribution is -0.140. The minimum atomic E-state index is -3.76. The van der Waals surface area contributed by atoms with E-state index in [2.05, 4.69) is 4.74 Å². The Balaban J connectivity index is 6.42. The highest BCUT2D eigenvalue weighted by Crippen LogP contribution is 2.53. The molecule has 0 aliphatic rings. The highest BCUT2D eigenvalue weighted by atomic mass is 31.2. The molecule has 0 saturated heterocycles. The predicted octanol–water partition coefficient (Wildman–Crippen LogP) is 1.97. The summed E-state index contributed by atoms with van der Waals surface area (Å²) in [6.07, 6.45) is 0. The molecule has 0 spiro atoms. The van der Waals surface area contributed by atoms with Crippen molar-refractivity contribution < 1.29 is 37.6 Å². The Labute approximate surface area is 130 Å². The third-order valence-electron chi connectivity index (χ3n) is 2.27. The minimum absolute atomic E-state index is 0.0150. The SMILES string of the molecule is CCOC(=O)C(C(=O)OCC)=P(OCC)(OCC)C(=O)OC. The van der Waals surface area contributed by atoms with E-state index in [-0.39, 0.29) is 26.4 Å². The monoisotopic (exact) mass is 338 g/mol. The Morgan fingerprint density at radius 1 is 0.773 bits per heavy atom. The highest BCUT2D eigenvalue weighted by molar-refractivity contribution is 7.85. The summed E-state index contributed by atoms with van der Waals surface area (Å²) in [6.45, 7) is 6.44. The Bertz CT molecular complexity index is 427. The molecule has 22 heavy (non-hydrogen) atoms. The van der Waals surface area contributed by atoms with E-state index in [4.69, 9.17) is 18.5 Å². The highest BCUT2D eigenvalue weighted by Gasteiger charge is 2.43. The van der Waals surface area contributed by atoms with Crippen molar-refractivity contribution in [3.63, 3.8) is 0 Å². The van der Waals surface area contributed by atoms with Gasteiger partial charge in [0.05, 0.1) is 33.5 Å². The second-order valence-electron chi connectivity index (χ2n) is 3.65. The maximum atomic E-state index is 12.2. The van der Waals surface area contributed by atoms with Crippen molar-refractivity contribution in [2.24, 2.45) is 0 Å². The summed E-state index contributed by atoms with van der Waals surface area (Å²) in [5.41, 5.74) is -0.938. The Morgan fingerprint density at radius 2 is 1.18 bits per heavy atom. The summed E-state index contributed by atoms with van der Waals surface area (Å²) in [7, 11) is -2.65. The van der Waals surface area contributed by atoms with Gasteiger partial charge in [0.1, 0.15) is 0 Å². The zero-order valence-electron chi connectivity index (χ0n) is 13.5. The Kier molecular flexibility index (Phi) is 9.73. The number of ether oxygens (including phenoxy) is 3. The first-order chi connectivity index (χ1) is 10.4. The summed E-state index contributed by atoms with van der Waals surface area (Å²) in [6, 6.07) is 0. The van der Waals surface area contributed by atoms with Crippen LogP contribution in [0.15, 0.2) is 0 Å². The minimum Gasteiger partial charge on any atom is -0.463 e. The summed E-state index contributed by atoms with van der Waals surface area (Å²) in [4.78, 5) is 36.6. The molecule has 128 valence electrons. The molecular weight excluding hydrogens is 315 g/mol. The summed E-state index contributed by atoms with van der Waals surface area (Å²) in [5.74, 6) is -2.02. The molecule has 0 heterocycles. The van der Waals surface area contributed by atoms with Crippen LogP contribution in [0, 0.1) is 0 Å². The van der Waals surface area contributed by atoms with Gasteiger partial charge in [0.2, 0.25) is 5.29 Å². The molecule has 0 aliphatic heterocycles. The summed E-state index contributed by atoms with van der Waals surface area (Å²) in [5, 5.41) is -0.591. The van der Waals surface area contributed by atoms with Crippen molar-refractivity contribution in [2.45, 2.75) is 27.7 Å². The van der Waals surface area contributed by atoms with E-state index in [0.29, 0.717) is 0 Å². The molecule has 0 aliphatic carbocycles. The standard InChI is InChI=1S/C13H23O8P/c1-6-18-11(14)10(12(15)19-7-2)22(20-8-3,21-9-4)13(16)17-5/h6-9H2,1-5H3. The van der Waals surface area contributed by atoms with Crippen LogP contribution in [0.25, 0.3) is 0 Å². The van der Waals surface area contributed by atoms with Crippen LogP contribution in [0.2, 0.25) is 0 Å². The first-order valence-corrected chi connectivity index (χ1v) is 8.55. The van der Waals surface area contributed by atoms with Crippen molar-refractivity contribution in [1.29, 1.82) is 0 Å². The molecule has 0 amide bonds. The molecule has 0 radical (unpaired) electrons. The molecule has 0 rings (SSSR count). The molecule has 0 N–H and O–H groups in total. The van der Waals surface area contributed by atoms with Gasteiger partial charge in [0.15, 0.2) is 0 Å². The lowest BCUT2D eigenvalue weighted by Gasteiger charge is -2.24. The maximum Gasteiger partial charge on any atom is 0.379 e. The third-order valence-corrected chi connectivity index (χ3v) is 5.13. The molecule has 0 saturated carbocycles. The molecule has 0 unspecified atom stereocenters. The zero-order valence-corrected chi connectivity index (χ0v) is 14.4. The summed E-state index contributed by atoms with van der Waals surface area (Å²) < 4.78 is 25.2. The van der Waals surface area contributed by atoms with E-state index in [1.807, 2.05) is 0 Å². The van der Waals surface area contributed by atoms with Crippen molar-refractivity contribution in [1.82, 2.24) is 0 Å². The normalized spacial score (nSPS) is 10.8. The molecule has 0 aromatic rings. The maximum absolute atomic E-state index is 12.2. The largest absolute Gasteiger partial charge is 0.463 e. The quantitative estimate of drug-likeness (QED) is 0.272. The Morgan fingerprint density at radius 3 is 1.45 bits per heavy atom. The van der Waals surface area contributed by atoms with Gasteiger partial charge in [0, 0.05) is 0 Å². The van der Waals surface area contributed by atoms with E-state index >= 15 is 0 Å². The number of esters is 2. The van der Waals surface area contributed by atoms with E-state index in [9.17, 15) is 14.4 Å². The Hall–Kier alpha value is -1.37. The van der Waals surface area contributed by atoms with Crippen LogP contribution in [0.1, 0.15) is 27.7 Å². The summed E-state index contributed by atoms with van der Waals surface area (Å²) >= 11 is 0. The van der Waals surface area contributed by atoms with Crippen LogP contribution in [0.3, 0.4) is 0 Å². The van der Waals surface area contributed by atoms with Crippen LogP contribution in [-0.2, 0) is 32.8 Å². The van der Waals surface area contributed by atoms with Gasteiger partial charge in [-0.05, 0) is 27.7 Å². The van der Waals surface area contributed by atoms with E-state index in [1.165, 1.54) is 0 Å². The van der Waals surface area contributed by atoms with Gasteiger partial charge in [-0.15, -0.1) is 0 Å². The number of hydrogen-bond donors (Lipinski definition) is 0. The molecule has 0 atom stereocenters. The fourth-order valence-electron chi connectivity index (χ4n) is 1.57. The first kappa shape index (κ1) is 20.6. The van der Waals surface area contributed by atoms with Gasteiger partial charge < -0.3 is 23.3 Å². The van der Waals surface area contributed by atoms with Gasteiger partial charge in [-0.1, -0.05) is 0 Å². The van der Waals surface area contributed by atoms with Gasteiger partial charge in [-0.25, -0.2) is 14.4 Å². The number of rotatable bonds is 9. The van der Waals surface area contributed by atoms with Crippen molar-refractivity contribution in [3.8, 4) is 0 Å². The van der Waals surface area contributed by atoms with Crippen LogP contribution in [0.4, 0.5) is 4.79 Å². The third kappa shape index (κ3) is 4.83. The molecule has 9 heteroatoms. The lowest BCUT2D eigenvalue weighted by Crippen LogP contribution is -2.32. The second kappa shape index (κ2) is 10.4. The van der Waals surface area contributed by atoms with Gasteiger partial charge in [-0.2, -0.15) is 0 Å². The second-order valence-corrected chi connectivity index (χ2v) is 6.08. The van der Waals surface area contributed by atoms with Crippen LogP contribution in [-0.4, -0.2) is 56.5 Å². The molecular formula is C13H23O8P. The van der Waals surface area contributed by atoms with Crippen LogP contribution in [0.5, 0.6) is 0 Å². The van der Waals surface area contributed by atoms with Crippen molar-refractivity contribution in [3.05, 3.63) is 0 Å². The zero-order chi connectivity index (χ0) is 17.2. The molecule has 0 bridgehead atoms. The molecule has 8 nitrogen and oxygen atoms in total. The van der Waals surface area contributed by atoms with Crippen LogP contribution < -0.4 is 0 Å². The van der Waals surface area contributed by atoms with Crippen molar-refractivity contribution >= 4 is 30.3 Å². The number of hydrogen-bond acceptors (Lipinski definition) is 8. The number of carbonyl (C=O) groups is 3. The van der Waals surface area contributed by atoms with E-state index in [0.717, 1.165) is 7.11 Å². The van der Waals surface area contributed by atoms with Gasteiger partial charge >= 0.3 is 17.6 Å². The van der Waals surface area contributed by atoms with E-state index < -0.39 is 30.3 Å². The predicted molar refractivity (Wildman–Crippen MR) is 80.9 cm³/mol. The van der Waals surface area contributed by atoms with Gasteiger partial charge in [-0.3, -0.25) is 0 Å². The molecule has 0 aromatic carbocycles. The number of methoxy groups -OCH3 is 1. The molecule has 0 fully saturated rings. The average molecular weight is 338 g/mol. The lowest BCUT2D eigenvalue weighted by atomic mass is 10.4. The van der Waals surface area contributed by atoms with Crippen molar-refractivity contribution in [2.75, 3.05) is 33.5 Å². The van der Waals surface area contributed by atoms with Crippen LogP contribution >= 0.6 is 7.34 Å². The topological polar surface area (TPSA) is 97.4 Å². The van der Waals surface area contributed by atoms with Gasteiger partial charge in [0.25, 0.3) is 7.34 Å².